The molecule has 1 aromatic carbocycles. The molecule has 1 N–H and O–H groups in total. The van der Waals surface area contributed by atoms with E-state index in [4.69, 9.17) is 16.3 Å². The third-order valence-corrected chi connectivity index (χ3v) is 4.34. The van der Waals surface area contributed by atoms with E-state index in [1.165, 1.54) is 13.5 Å². The second-order valence-corrected chi connectivity index (χ2v) is 5.80. The first-order valence-corrected chi connectivity index (χ1v) is 7.88. The highest BCUT2D eigenvalue weighted by atomic mass is 35.5. The van der Waals surface area contributed by atoms with Crippen LogP contribution >= 0.6 is 11.6 Å². The molecule has 1 atom stereocenters. The topological polar surface area (TPSA) is 41.6 Å². The molecular formula is C16H23ClN2O2. The van der Waals surface area contributed by atoms with Gasteiger partial charge in [-0.25, -0.2) is 4.79 Å². The molecule has 1 fully saturated rings. The van der Waals surface area contributed by atoms with Gasteiger partial charge < -0.3 is 15.0 Å². The normalized spacial score (nSPS) is 19.9. The van der Waals surface area contributed by atoms with E-state index in [0.717, 1.165) is 38.2 Å². The zero-order valence-electron chi connectivity index (χ0n) is 12.7. The van der Waals surface area contributed by atoms with Crippen molar-refractivity contribution in [1.29, 1.82) is 0 Å². The van der Waals surface area contributed by atoms with E-state index >= 15 is 0 Å². The van der Waals surface area contributed by atoms with E-state index in [9.17, 15) is 4.79 Å². The van der Waals surface area contributed by atoms with E-state index in [0.29, 0.717) is 16.6 Å². The first-order valence-electron chi connectivity index (χ1n) is 7.50. The van der Waals surface area contributed by atoms with Crippen LogP contribution in [0.1, 0.15) is 36.5 Å². The van der Waals surface area contributed by atoms with E-state index < -0.39 is 0 Å². The van der Waals surface area contributed by atoms with Gasteiger partial charge in [-0.2, -0.15) is 0 Å². The van der Waals surface area contributed by atoms with E-state index in [1.54, 1.807) is 18.2 Å². The highest BCUT2D eigenvalue weighted by Gasteiger charge is 2.17. The Hall–Kier alpha value is -1.26. The van der Waals surface area contributed by atoms with E-state index in [2.05, 4.69) is 17.1 Å². The Kier molecular flexibility index (Phi) is 5.88. The number of hydrogen-bond acceptors (Lipinski definition) is 4. The van der Waals surface area contributed by atoms with Crippen LogP contribution in [-0.2, 0) is 4.74 Å². The van der Waals surface area contributed by atoms with Crippen molar-refractivity contribution in [2.24, 2.45) is 0 Å². The average Bonchev–Trinajstić information content (AvgIpc) is 2.73. The summed E-state index contributed by atoms with van der Waals surface area (Å²) in [4.78, 5) is 14.1. The molecule has 116 valence electrons. The minimum atomic E-state index is -0.340. The Labute approximate surface area is 131 Å². The lowest BCUT2D eigenvalue weighted by Crippen LogP contribution is -2.26. The highest BCUT2D eigenvalue weighted by molar-refractivity contribution is 6.33. The zero-order chi connectivity index (χ0) is 15.2. The standard InChI is InChI=1S/C16H23ClN2O2/c1-3-19-9-4-5-13(8-10-19)18-15-11-12(16(20)21-2)6-7-14(15)17/h6-7,11,13,18H,3-5,8-10H2,1-2H3. The third-order valence-electron chi connectivity index (χ3n) is 4.02. The van der Waals surface area contributed by atoms with Gasteiger partial charge in [-0.1, -0.05) is 18.5 Å². The van der Waals surface area contributed by atoms with E-state index in [-0.39, 0.29) is 5.97 Å². The van der Waals surface area contributed by atoms with Crippen LogP contribution < -0.4 is 5.32 Å². The van der Waals surface area contributed by atoms with Gasteiger partial charge in [0.2, 0.25) is 0 Å². The molecule has 5 heteroatoms. The molecule has 1 aliphatic heterocycles. The largest absolute Gasteiger partial charge is 0.465 e. The molecule has 0 aliphatic carbocycles. The number of nitrogens with zero attached hydrogens (tertiary/aromatic N) is 1. The predicted octanol–water partition coefficient (Wildman–Crippen LogP) is 3.41. The fourth-order valence-electron chi connectivity index (χ4n) is 2.72. The van der Waals surface area contributed by atoms with Crippen molar-refractivity contribution in [2.45, 2.75) is 32.2 Å². The van der Waals surface area contributed by atoms with Crippen molar-refractivity contribution >= 4 is 23.3 Å². The van der Waals surface area contributed by atoms with Gasteiger partial charge in [0.15, 0.2) is 0 Å². The van der Waals surface area contributed by atoms with Crippen LogP contribution in [0, 0.1) is 0 Å². The molecule has 1 heterocycles. The second-order valence-electron chi connectivity index (χ2n) is 5.39. The predicted molar refractivity (Wildman–Crippen MR) is 86.2 cm³/mol. The van der Waals surface area contributed by atoms with Crippen molar-refractivity contribution in [3.05, 3.63) is 28.8 Å². The number of hydrogen-bond donors (Lipinski definition) is 1. The third kappa shape index (κ3) is 4.35. The summed E-state index contributed by atoms with van der Waals surface area (Å²) < 4.78 is 4.75. The van der Waals surface area contributed by atoms with Crippen LogP contribution in [-0.4, -0.2) is 43.7 Å². The summed E-state index contributed by atoms with van der Waals surface area (Å²) in [5, 5.41) is 4.12. The molecule has 0 spiro atoms. The van der Waals surface area contributed by atoms with Gasteiger partial charge >= 0.3 is 5.97 Å². The molecule has 0 saturated carbocycles. The van der Waals surface area contributed by atoms with Gasteiger partial charge in [-0.15, -0.1) is 0 Å². The van der Waals surface area contributed by atoms with Crippen molar-refractivity contribution in [3.63, 3.8) is 0 Å². The van der Waals surface area contributed by atoms with Gasteiger partial charge in [-0.05, 0) is 50.6 Å². The zero-order valence-corrected chi connectivity index (χ0v) is 13.4. The molecule has 0 amide bonds. The molecule has 1 aromatic rings. The summed E-state index contributed by atoms with van der Waals surface area (Å²) in [6, 6.07) is 5.60. The minimum absolute atomic E-state index is 0.340. The fourth-order valence-corrected chi connectivity index (χ4v) is 2.89. The highest BCUT2D eigenvalue weighted by Crippen LogP contribution is 2.26. The Morgan fingerprint density at radius 1 is 1.43 bits per heavy atom. The number of benzene rings is 1. The summed E-state index contributed by atoms with van der Waals surface area (Å²) in [5.41, 5.74) is 1.34. The average molecular weight is 311 g/mol. The molecule has 0 aromatic heterocycles. The van der Waals surface area contributed by atoms with Crippen molar-refractivity contribution in [3.8, 4) is 0 Å². The molecule has 1 aliphatic rings. The number of esters is 1. The number of halogens is 1. The van der Waals surface area contributed by atoms with Crippen LogP contribution in [0.4, 0.5) is 5.69 Å². The molecule has 4 nitrogen and oxygen atoms in total. The van der Waals surface area contributed by atoms with Crippen molar-refractivity contribution in [1.82, 2.24) is 4.90 Å². The maximum Gasteiger partial charge on any atom is 0.337 e. The maximum atomic E-state index is 11.6. The Morgan fingerprint density at radius 3 is 2.95 bits per heavy atom. The van der Waals surface area contributed by atoms with E-state index in [1.807, 2.05) is 0 Å². The van der Waals surface area contributed by atoms with Gasteiger partial charge in [-0.3, -0.25) is 0 Å². The van der Waals surface area contributed by atoms with Crippen LogP contribution in [0.5, 0.6) is 0 Å². The monoisotopic (exact) mass is 310 g/mol. The molecule has 0 radical (unpaired) electrons. The van der Waals surface area contributed by atoms with Crippen LogP contribution in [0.2, 0.25) is 5.02 Å². The number of rotatable bonds is 4. The number of likely N-dealkylation sites (tertiary alicyclic amines) is 1. The van der Waals surface area contributed by atoms with Gasteiger partial charge in [0.05, 0.1) is 23.4 Å². The molecule has 1 unspecified atom stereocenters. The van der Waals surface area contributed by atoms with Crippen molar-refractivity contribution < 1.29 is 9.53 Å². The molecular weight excluding hydrogens is 288 g/mol. The lowest BCUT2D eigenvalue weighted by atomic mass is 10.1. The number of methoxy groups -OCH3 is 1. The second kappa shape index (κ2) is 7.66. The molecule has 21 heavy (non-hydrogen) atoms. The van der Waals surface area contributed by atoms with Crippen molar-refractivity contribution in [2.75, 3.05) is 32.1 Å². The number of carbonyl (C=O) groups excluding carboxylic acids is 1. The first-order chi connectivity index (χ1) is 10.1. The van der Waals surface area contributed by atoms with Crippen LogP contribution in [0.25, 0.3) is 0 Å². The van der Waals surface area contributed by atoms with Gasteiger partial charge in [0.25, 0.3) is 0 Å². The quantitative estimate of drug-likeness (QED) is 0.865. The summed E-state index contributed by atoms with van der Waals surface area (Å²) in [5.74, 6) is -0.340. The maximum absolute atomic E-state index is 11.6. The Balaban J connectivity index is 2.06. The number of carbonyl (C=O) groups is 1. The summed E-state index contributed by atoms with van der Waals surface area (Å²) >= 11 is 6.24. The summed E-state index contributed by atoms with van der Waals surface area (Å²) in [6.45, 7) is 5.56. The summed E-state index contributed by atoms with van der Waals surface area (Å²) in [7, 11) is 1.38. The first kappa shape index (κ1) is 16.1. The Morgan fingerprint density at radius 2 is 2.24 bits per heavy atom. The van der Waals surface area contributed by atoms with Crippen LogP contribution in [0.15, 0.2) is 18.2 Å². The van der Waals surface area contributed by atoms with Gasteiger partial charge in [0.1, 0.15) is 0 Å². The lowest BCUT2D eigenvalue weighted by molar-refractivity contribution is 0.0601. The SMILES string of the molecule is CCN1CCCC(Nc2cc(C(=O)OC)ccc2Cl)CC1. The van der Waals surface area contributed by atoms with Gasteiger partial charge in [0, 0.05) is 12.6 Å². The minimum Gasteiger partial charge on any atom is -0.465 e. The molecule has 0 bridgehead atoms. The molecule has 1 saturated heterocycles. The lowest BCUT2D eigenvalue weighted by Gasteiger charge is -2.20. The smallest absolute Gasteiger partial charge is 0.337 e. The number of ether oxygens (including phenoxy) is 1. The molecule has 2 rings (SSSR count). The van der Waals surface area contributed by atoms with Crippen LogP contribution in [0.3, 0.4) is 0 Å². The number of anilines is 1. The number of nitrogens with one attached hydrogen (secondary N) is 1. The summed E-state index contributed by atoms with van der Waals surface area (Å²) in [6.07, 6.45) is 3.39. The Bertz CT molecular complexity index is 493. The fraction of sp³-hybridized carbons (Fsp3) is 0.562.